The van der Waals surface area contributed by atoms with Crippen LogP contribution in [0.2, 0.25) is 0 Å². The molecule has 0 bridgehead atoms. The highest BCUT2D eigenvalue weighted by molar-refractivity contribution is 5.93. The minimum absolute atomic E-state index is 0. The molecule has 0 aliphatic rings. The normalized spacial score (nSPS) is 10.2. The van der Waals surface area contributed by atoms with Crippen LogP contribution in [-0.2, 0) is 0 Å². The van der Waals surface area contributed by atoms with E-state index in [0.717, 1.165) is 0 Å². The molecule has 18 heavy (non-hydrogen) atoms. The average Bonchev–Trinajstić information content (AvgIpc) is 2.27. The fourth-order valence-corrected chi connectivity index (χ4v) is 1.15. The number of hydrogen-bond donors (Lipinski definition) is 3. The van der Waals surface area contributed by atoms with Gasteiger partial charge in [0.25, 0.3) is 0 Å². The number of halogens is 1. The van der Waals surface area contributed by atoms with Gasteiger partial charge in [0.2, 0.25) is 5.96 Å². The molecule has 0 fully saturated rings. The first-order chi connectivity index (χ1) is 8.05. The molecule has 0 aliphatic heterocycles. The van der Waals surface area contributed by atoms with Gasteiger partial charge in [-0.2, -0.15) is 4.99 Å². The molecule has 0 saturated heterocycles. The van der Waals surface area contributed by atoms with Gasteiger partial charge >= 0.3 is 0 Å². The van der Waals surface area contributed by atoms with Crippen molar-refractivity contribution >= 4 is 17.6 Å². The third kappa shape index (κ3) is 4.79. The molecular formula is C10H15ClN5O2-. The Hall–Kier alpha value is -2.15. The molecule has 0 aliphatic carbocycles. The van der Waals surface area contributed by atoms with Crippen molar-refractivity contribution in [2.24, 2.45) is 27.2 Å². The number of rotatable bonds is 3. The minimum atomic E-state index is -0.152. The van der Waals surface area contributed by atoms with Crippen molar-refractivity contribution in [3.63, 3.8) is 0 Å². The van der Waals surface area contributed by atoms with Crippen LogP contribution in [0.5, 0.6) is 11.5 Å². The van der Waals surface area contributed by atoms with E-state index in [0.29, 0.717) is 17.2 Å². The van der Waals surface area contributed by atoms with Crippen LogP contribution in [0.25, 0.3) is 0 Å². The molecule has 1 aromatic rings. The molecule has 1 rings (SSSR count). The Labute approximate surface area is 111 Å². The number of methoxy groups -OCH3 is 2. The Bertz CT molecular complexity index is 435. The van der Waals surface area contributed by atoms with Gasteiger partial charge in [-0.1, -0.05) is 0 Å². The summed E-state index contributed by atoms with van der Waals surface area (Å²) in [4.78, 5) is 7.61. The van der Waals surface area contributed by atoms with Gasteiger partial charge in [0.1, 0.15) is 11.5 Å². The molecule has 0 unspecified atom stereocenters. The summed E-state index contributed by atoms with van der Waals surface area (Å²) in [5.41, 5.74) is 16.4. The molecule has 7 nitrogen and oxygen atoms in total. The van der Waals surface area contributed by atoms with E-state index in [1.54, 1.807) is 32.4 Å². The molecule has 0 amide bonds. The predicted molar refractivity (Wildman–Crippen MR) is 66.6 cm³/mol. The maximum Gasteiger partial charge on any atom is 0.223 e. The average molecular weight is 273 g/mol. The number of nitrogens with two attached hydrogens (primary N) is 3. The molecule has 0 atom stereocenters. The van der Waals surface area contributed by atoms with Crippen molar-refractivity contribution in [2.45, 2.75) is 0 Å². The molecule has 6 N–H and O–H groups in total. The van der Waals surface area contributed by atoms with Crippen LogP contribution in [0.1, 0.15) is 0 Å². The lowest BCUT2D eigenvalue weighted by atomic mass is 10.3. The van der Waals surface area contributed by atoms with E-state index < -0.39 is 0 Å². The van der Waals surface area contributed by atoms with Crippen LogP contribution >= 0.6 is 0 Å². The highest BCUT2D eigenvalue weighted by atomic mass is 35.5. The topological polar surface area (TPSA) is 121 Å². The van der Waals surface area contributed by atoms with E-state index in [4.69, 9.17) is 26.7 Å². The summed E-state index contributed by atoms with van der Waals surface area (Å²) < 4.78 is 10.2. The van der Waals surface area contributed by atoms with Crippen molar-refractivity contribution in [3.05, 3.63) is 18.2 Å². The molecule has 8 heteroatoms. The van der Waals surface area contributed by atoms with Crippen molar-refractivity contribution in [1.29, 1.82) is 0 Å². The summed E-state index contributed by atoms with van der Waals surface area (Å²) >= 11 is 0. The van der Waals surface area contributed by atoms with Gasteiger partial charge in [-0.25, -0.2) is 4.99 Å². The summed E-state index contributed by atoms with van der Waals surface area (Å²) in [6.07, 6.45) is 0. The van der Waals surface area contributed by atoms with Crippen molar-refractivity contribution in [1.82, 2.24) is 0 Å². The summed E-state index contributed by atoms with van der Waals surface area (Å²) in [5, 5.41) is 0. The van der Waals surface area contributed by atoms with E-state index in [1.165, 1.54) is 0 Å². The van der Waals surface area contributed by atoms with E-state index >= 15 is 0 Å². The number of hydrogen-bond acceptors (Lipinski definition) is 3. The van der Waals surface area contributed by atoms with E-state index in [1.807, 2.05) is 0 Å². The molecule has 1 aromatic carbocycles. The zero-order chi connectivity index (χ0) is 12.8. The molecule has 0 spiro atoms. The third-order valence-corrected chi connectivity index (χ3v) is 1.82. The summed E-state index contributed by atoms with van der Waals surface area (Å²) in [6.45, 7) is 0. The Kier molecular flexibility index (Phi) is 6.37. The van der Waals surface area contributed by atoms with Crippen LogP contribution in [0.15, 0.2) is 28.2 Å². The van der Waals surface area contributed by atoms with Crippen LogP contribution < -0.4 is 39.1 Å². The first-order valence-electron chi connectivity index (χ1n) is 4.72. The van der Waals surface area contributed by atoms with E-state index in [2.05, 4.69) is 9.98 Å². The van der Waals surface area contributed by atoms with E-state index in [-0.39, 0.29) is 24.3 Å². The minimum Gasteiger partial charge on any atom is -1.00 e. The van der Waals surface area contributed by atoms with Crippen molar-refractivity contribution in [3.8, 4) is 11.5 Å². The van der Waals surface area contributed by atoms with Crippen LogP contribution in [-0.4, -0.2) is 26.1 Å². The maximum absolute atomic E-state index is 5.51. The zero-order valence-electron chi connectivity index (χ0n) is 10.1. The zero-order valence-corrected chi connectivity index (χ0v) is 10.8. The largest absolute Gasteiger partial charge is 1.00 e. The molecule has 0 saturated carbocycles. The monoisotopic (exact) mass is 272 g/mol. The lowest BCUT2D eigenvalue weighted by molar-refractivity contribution is -0.00000482. The number of nitrogens with zero attached hydrogens (tertiary/aromatic N) is 2. The molecule has 100 valence electrons. The predicted octanol–water partition coefficient (Wildman–Crippen LogP) is -3.07. The van der Waals surface area contributed by atoms with Crippen molar-refractivity contribution < 1.29 is 21.9 Å². The van der Waals surface area contributed by atoms with E-state index in [9.17, 15) is 0 Å². The fraction of sp³-hybridized carbons (Fsp3) is 0.200. The molecule has 0 radical (unpaired) electrons. The first kappa shape index (κ1) is 15.9. The third-order valence-electron chi connectivity index (χ3n) is 1.82. The second kappa shape index (κ2) is 7.23. The molecule has 0 heterocycles. The van der Waals surface area contributed by atoms with Crippen LogP contribution in [0.4, 0.5) is 5.69 Å². The van der Waals surface area contributed by atoms with Crippen molar-refractivity contribution in [2.75, 3.05) is 14.2 Å². The molecular weight excluding hydrogens is 258 g/mol. The number of guanidine groups is 2. The Morgan fingerprint density at radius 2 is 1.50 bits per heavy atom. The van der Waals surface area contributed by atoms with Gasteiger partial charge in [0, 0.05) is 18.2 Å². The highest BCUT2D eigenvalue weighted by Crippen LogP contribution is 2.27. The van der Waals surface area contributed by atoms with Crippen LogP contribution in [0, 0.1) is 0 Å². The summed E-state index contributed by atoms with van der Waals surface area (Å²) in [5.74, 6) is 1.00. The second-order valence-corrected chi connectivity index (χ2v) is 3.08. The number of aliphatic imine (C=N–C) groups is 2. The lowest BCUT2D eigenvalue weighted by Gasteiger charge is -2.05. The lowest BCUT2D eigenvalue weighted by Crippen LogP contribution is -3.00. The summed E-state index contributed by atoms with van der Waals surface area (Å²) in [6, 6.07) is 5.07. The first-order valence-corrected chi connectivity index (χ1v) is 4.72. The molecule has 0 aromatic heterocycles. The quantitative estimate of drug-likeness (QED) is 0.398. The van der Waals surface area contributed by atoms with Gasteiger partial charge in [-0.05, 0) is 0 Å². The van der Waals surface area contributed by atoms with Crippen LogP contribution in [0.3, 0.4) is 0 Å². The SMILES string of the molecule is COc1cc(N=C(N)N=C(N)N)cc(OC)c1.[Cl-]. The highest BCUT2D eigenvalue weighted by Gasteiger charge is 2.01. The Morgan fingerprint density at radius 1 is 1.00 bits per heavy atom. The van der Waals surface area contributed by atoms with Gasteiger partial charge in [0.05, 0.1) is 19.9 Å². The number of ether oxygens (including phenoxy) is 2. The number of benzene rings is 1. The maximum atomic E-state index is 5.51. The van der Waals surface area contributed by atoms with Gasteiger partial charge in [0.15, 0.2) is 5.96 Å². The Balaban J connectivity index is 0.00000289. The van der Waals surface area contributed by atoms with Gasteiger partial charge in [-0.3, -0.25) is 0 Å². The standard InChI is InChI=1S/C10H15N5O2.ClH/c1-16-7-3-6(4-8(5-7)17-2)14-10(13)15-9(11)12;/h3-5H,1-2H3,(H6,11,12,13,14,15);1H/p-1. The van der Waals surface area contributed by atoms with Gasteiger partial charge < -0.3 is 39.1 Å². The summed E-state index contributed by atoms with van der Waals surface area (Å²) in [7, 11) is 3.09. The van der Waals surface area contributed by atoms with Gasteiger partial charge in [-0.15, -0.1) is 0 Å². The second-order valence-electron chi connectivity index (χ2n) is 3.08. The Morgan fingerprint density at radius 3 is 1.89 bits per heavy atom. The smallest absolute Gasteiger partial charge is 0.223 e. The fourth-order valence-electron chi connectivity index (χ4n) is 1.15.